The zero-order chi connectivity index (χ0) is 13.9. The van der Waals surface area contributed by atoms with Crippen LogP contribution in [0.1, 0.15) is 61.3 Å². The Morgan fingerprint density at radius 2 is 2.00 bits per heavy atom. The zero-order valence-electron chi connectivity index (χ0n) is 12.0. The molecule has 1 N–H and O–H groups in total. The quantitative estimate of drug-likeness (QED) is 0.900. The Balaban J connectivity index is 1.73. The maximum atomic E-state index is 10.4. The first-order valence-corrected chi connectivity index (χ1v) is 7.58. The van der Waals surface area contributed by atoms with Gasteiger partial charge in [0.1, 0.15) is 6.10 Å². The molecule has 0 spiro atoms. The van der Waals surface area contributed by atoms with E-state index in [0.29, 0.717) is 0 Å². The molecule has 1 fully saturated rings. The Hall–Kier alpha value is -1.61. The maximum Gasteiger partial charge on any atom is 0.107 e. The van der Waals surface area contributed by atoms with E-state index in [1.54, 1.807) is 6.20 Å². The summed E-state index contributed by atoms with van der Waals surface area (Å²) in [5, 5.41) is 14.7. The van der Waals surface area contributed by atoms with Crippen molar-refractivity contribution in [3.05, 3.63) is 53.3 Å². The number of aliphatic hydroxyl groups is 1. The van der Waals surface area contributed by atoms with Crippen LogP contribution in [0.15, 0.2) is 36.7 Å². The molecule has 1 aromatic carbocycles. The lowest BCUT2D eigenvalue weighted by molar-refractivity contribution is 0.220. The van der Waals surface area contributed by atoms with Gasteiger partial charge in [-0.3, -0.25) is 4.68 Å². The molecule has 0 amide bonds. The second kappa shape index (κ2) is 5.80. The number of hydrogen-bond donors (Lipinski definition) is 1. The summed E-state index contributed by atoms with van der Waals surface area (Å²) in [6.45, 7) is 3.02. The highest BCUT2D eigenvalue weighted by Gasteiger charge is 2.20. The molecule has 1 unspecified atom stereocenters. The molecule has 1 aromatic heterocycles. The molecule has 0 aliphatic heterocycles. The lowest BCUT2D eigenvalue weighted by Crippen LogP contribution is -2.08. The second-order valence-corrected chi connectivity index (χ2v) is 5.73. The van der Waals surface area contributed by atoms with Crippen LogP contribution in [-0.2, 0) is 6.54 Å². The normalized spacial score (nSPS) is 16.9. The highest BCUT2D eigenvalue weighted by atomic mass is 16.3. The number of aliphatic hydroxyl groups excluding tert-OH is 1. The lowest BCUT2D eigenvalue weighted by atomic mass is 9.80. The van der Waals surface area contributed by atoms with Crippen LogP contribution in [-0.4, -0.2) is 14.9 Å². The highest BCUT2D eigenvalue weighted by molar-refractivity contribution is 5.32. The van der Waals surface area contributed by atoms with Crippen LogP contribution in [0.25, 0.3) is 0 Å². The summed E-state index contributed by atoms with van der Waals surface area (Å²) in [6.07, 6.45) is 8.15. The van der Waals surface area contributed by atoms with Crippen LogP contribution in [0.5, 0.6) is 0 Å². The Morgan fingerprint density at radius 3 is 2.60 bits per heavy atom. The van der Waals surface area contributed by atoms with Crippen LogP contribution < -0.4 is 0 Å². The van der Waals surface area contributed by atoms with Crippen LogP contribution in [0.2, 0.25) is 0 Å². The van der Waals surface area contributed by atoms with Crippen molar-refractivity contribution in [2.24, 2.45) is 0 Å². The van der Waals surface area contributed by atoms with Gasteiger partial charge in [0.15, 0.2) is 0 Å². The third kappa shape index (κ3) is 2.63. The standard InChI is InChI=1S/C17H22N2O/c1-2-10-19-12-16(11-18-19)17(20)15-8-6-14(7-9-15)13-4-3-5-13/h6-9,11-13,17,20H,2-5,10H2,1H3. The van der Waals surface area contributed by atoms with Crippen molar-refractivity contribution in [2.75, 3.05) is 0 Å². The van der Waals surface area contributed by atoms with Crippen molar-refractivity contribution in [2.45, 2.75) is 51.2 Å². The van der Waals surface area contributed by atoms with Gasteiger partial charge in [-0.05, 0) is 36.3 Å². The van der Waals surface area contributed by atoms with Gasteiger partial charge in [-0.15, -0.1) is 0 Å². The van der Waals surface area contributed by atoms with Crippen LogP contribution >= 0.6 is 0 Å². The van der Waals surface area contributed by atoms with Crippen LogP contribution in [0.4, 0.5) is 0 Å². The number of hydrogen-bond acceptors (Lipinski definition) is 2. The van der Waals surface area contributed by atoms with Gasteiger partial charge in [0.2, 0.25) is 0 Å². The average Bonchev–Trinajstić information content (AvgIpc) is 2.86. The molecule has 3 heteroatoms. The summed E-state index contributed by atoms with van der Waals surface area (Å²) in [5.74, 6) is 0.744. The molecule has 1 heterocycles. The molecular formula is C17H22N2O. The average molecular weight is 270 g/mol. The molecule has 1 atom stereocenters. The smallest absolute Gasteiger partial charge is 0.107 e. The third-order valence-electron chi connectivity index (χ3n) is 4.25. The fourth-order valence-electron chi connectivity index (χ4n) is 2.76. The predicted molar refractivity (Wildman–Crippen MR) is 79.6 cm³/mol. The van der Waals surface area contributed by atoms with Crippen molar-refractivity contribution in [3.63, 3.8) is 0 Å². The fourth-order valence-corrected chi connectivity index (χ4v) is 2.76. The molecule has 106 valence electrons. The van der Waals surface area contributed by atoms with Gasteiger partial charge >= 0.3 is 0 Å². The molecule has 0 saturated heterocycles. The van der Waals surface area contributed by atoms with Gasteiger partial charge in [0.05, 0.1) is 6.20 Å². The monoisotopic (exact) mass is 270 g/mol. The minimum Gasteiger partial charge on any atom is -0.384 e. The number of rotatable bonds is 5. The SMILES string of the molecule is CCCn1cc(C(O)c2ccc(C3CCC3)cc2)cn1. The number of benzene rings is 1. The van der Waals surface area contributed by atoms with Gasteiger partial charge in [-0.25, -0.2) is 0 Å². The molecule has 3 rings (SSSR count). The molecule has 3 nitrogen and oxygen atoms in total. The van der Waals surface area contributed by atoms with Crippen molar-refractivity contribution in [3.8, 4) is 0 Å². The number of aromatic nitrogens is 2. The second-order valence-electron chi connectivity index (χ2n) is 5.73. The lowest BCUT2D eigenvalue weighted by Gasteiger charge is -2.26. The van der Waals surface area contributed by atoms with Crippen molar-refractivity contribution >= 4 is 0 Å². The van der Waals surface area contributed by atoms with Gasteiger partial charge in [0.25, 0.3) is 0 Å². The Kier molecular flexibility index (Phi) is 3.88. The fraction of sp³-hybridized carbons (Fsp3) is 0.471. The van der Waals surface area contributed by atoms with E-state index in [0.717, 1.165) is 30.0 Å². The first-order valence-electron chi connectivity index (χ1n) is 7.58. The molecule has 0 bridgehead atoms. The van der Waals surface area contributed by atoms with E-state index in [-0.39, 0.29) is 0 Å². The van der Waals surface area contributed by atoms with E-state index >= 15 is 0 Å². The molecule has 20 heavy (non-hydrogen) atoms. The van der Waals surface area contributed by atoms with Crippen molar-refractivity contribution in [1.29, 1.82) is 0 Å². The van der Waals surface area contributed by atoms with E-state index in [4.69, 9.17) is 0 Å². The minimum atomic E-state index is -0.573. The van der Waals surface area contributed by atoms with Crippen LogP contribution in [0.3, 0.4) is 0 Å². The van der Waals surface area contributed by atoms with Crippen molar-refractivity contribution < 1.29 is 5.11 Å². The molecule has 1 aliphatic rings. The number of aryl methyl sites for hydroxylation is 1. The van der Waals surface area contributed by atoms with E-state index in [9.17, 15) is 5.11 Å². The number of nitrogens with zero attached hydrogens (tertiary/aromatic N) is 2. The van der Waals surface area contributed by atoms with E-state index in [2.05, 4.69) is 36.3 Å². The first kappa shape index (κ1) is 13.4. The van der Waals surface area contributed by atoms with Gasteiger partial charge in [0, 0.05) is 18.3 Å². The van der Waals surface area contributed by atoms with E-state index in [1.165, 1.54) is 24.8 Å². The topological polar surface area (TPSA) is 38.0 Å². The third-order valence-corrected chi connectivity index (χ3v) is 4.25. The molecule has 2 aromatic rings. The summed E-state index contributed by atoms with van der Waals surface area (Å²) in [7, 11) is 0. The summed E-state index contributed by atoms with van der Waals surface area (Å²) >= 11 is 0. The van der Waals surface area contributed by atoms with E-state index in [1.807, 2.05) is 10.9 Å². The van der Waals surface area contributed by atoms with Gasteiger partial charge in [-0.2, -0.15) is 5.10 Å². The van der Waals surface area contributed by atoms with Crippen LogP contribution in [0, 0.1) is 0 Å². The molecular weight excluding hydrogens is 248 g/mol. The van der Waals surface area contributed by atoms with Gasteiger partial charge in [-0.1, -0.05) is 37.6 Å². The van der Waals surface area contributed by atoms with E-state index < -0.39 is 6.10 Å². The first-order chi connectivity index (χ1) is 9.78. The zero-order valence-corrected chi connectivity index (χ0v) is 12.0. The maximum absolute atomic E-state index is 10.4. The highest BCUT2D eigenvalue weighted by Crippen LogP contribution is 2.36. The summed E-state index contributed by atoms with van der Waals surface area (Å²) in [5.41, 5.74) is 3.23. The summed E-state index contributed by atoms with van der Waals surface area (Å²) in [4.78, 5) is 0. The Bertz CT molecular complexity index is 555. The Labute approximate surface area is 120 Å². The largest absolute Gasteiger partial charge is 0.384 e. The molecule has 1 aliphatic carbocycles. The van der Waals surface area contributed by atoms with Gasteiger partial charge < -0.3 is 5.11 Å². The predicted octanol–water partition coefficient (Wildman–Crippen LogP) is 3.64. The summed E-state index contributed by atoms with van der Waals surface area (Å²) in [6, 6.07) is 8.43. The summed E-state index contributed by atoms with van der Waals surface area (Å²) < 4.78 is 1.89. The Morgan fingerprint density at radius 1 is 1.25 bits per heavy atom. The van der Waals surface area contributed by atoms with Crippen molar-refractivity contribution in [1.82, 2.24) is 9.78 Å². The minimum absolute atomic E-state index is 0.573. The molecule has 0 radical (unpaired) electrons. The molecule has 1 saturated carbocycles.